The van der Waals surface area contributed by atoms with Crippen molar-refractivity contribution in [2.45, 2.75) is 72.4 Å². The van der Waals surface area contributed by atoms with Crippen LogP contribution in [-0.4, -0.2) is 15.8 Å². The molecule has 0 aliphatic rings. The van der Waals surface area contributed by atoms with Crippen LogP contribution in [0.2, 0.25) is 0 Å². The van der Waals surface area contributed by atoms with Crippen LogP contribution in [0.5, 0.6) is 0 Å². The first-order valence-corrected chi connectivity index (χ1v) is 7.41. The minimum atomic E-state index is 0.270. The van der Waals surface area contributed by atoms with Gasteiger partial charge in [-0.15, -0.1) is 0 Å². The molecule has 0 amide bonds. The van der Waals surface area contributed by atoms with Crippen LogP contribution in [0, 0.1) is 12.8 Å². The van der Waals surface area contributed by atoms with E-state index in [4.69, 9.17) is 5.73 Å². The summed E-state index contributed by atoms with van der Waals surface area (Å²) in [6.07, 6.45) is 5.90. The van der Waals surface area contributed by atoms with E-state index in [0.717, 1.165) is 18.7 Å². The van der Waals surface area contributed by atoms with Crippen molar-refractivity contribution in [3.63, 3.8) is 0 Å². The van der Waals surface area contributed by atoms with Crippen LogP contribution in [0.25, 0.3) is 0 Å². The molecule has 0 aliphatic carbocycles. The number of nitrogens with zero attached hydrogens (tertiary/aromatic N) is 2. The van der Waals surface area contributed by atoms with Crippen molar-refractivity contribution in [1.29, 1.82) is 0 Å². The summed E-state index contributed by atoms with van der Waals surface area (Å²) >= 11 is 0. The number of nitrogens with two attached hydrogens (primary N) is 1. The fraction of sp³-hybridized carbons (Fsp3) is 0.800. The van der Waals surface area contributed by atoms with Crippen molar-refractivity contribution in [2.24, 2.45) is 11.7 Å². The van der Waals surface area contributed by atoms with E-state index < -0.39 is 0 Å². The van der Waals surface area contributed by atoms with Crippen molar-refractivity contribution in [3.8, 4) is 0 Å². The Bertz CT molecular complexity index is 338. The smallest absolute Gasteiger partial charge is 0.0596 e. The minimum Gasteiger partial charge on any atom is -0.327 e. The molecule has 1 rings (SSSR count). The number of aromatic nitrogens is 2. The second kappa shape index (κ2) is 7.57. The fourth-order valence-electron chi connectivity index (χ4n) is 2.76. The minimum absolute atomic E-state index is 0.270. The lowest BCUT2D eigenvalue weighted by molar-refractivity contribution is 0.354. The highest BCUT2D eigenvalue weighted by molar-refractivity contribution is 5.10. The summed E-state index contributed by atoms with van der Waals surface area (Å²) in [6, 6.07) is 2.45. The van der Waals surface area contributed by atoms with E-state index in [-0.39, 0.29) is 6.04 Å². The molecular formula is C15H29N3. The average Bonchev–Trinajstić information content (AvgIpc) is 2.69. The Balaban J connectivity index is 2.68. The SMILES string of the molecule is CCCC(CCC)C(N)Cc1cc(C)nn1CC. The quantitative estimate of drug-likeness (QED) is 0.770. The molecular weight excluding hydrogens is 222 g/mol. The maximum atomic E-state index is 6.41. The molecule has 0 aromatic carbocycles. The molecule has 0 aliphatic heterocycles. The summed E-state index contributed by atoms with van der Waals surface area (Å²) in [7, 11) is 0. The first-order chi connectivity index (χ1) is 8.62. The molecule has 0 spiro atoms. The molecule has 1 atom stereocenters. The molecule has 2 N–H and O–H groups in total. The predicted molar refractivity (Wildman–Crippen MR) is 77.6 cm³/mol. The number of rotatable bonds is 8. The van der Waals surface area contributed by atoms with E-state index in [1.165, 1.54) is 31.4 Å². The summed E-state index contributed by atoms with van der Waals surface area (Å²) in [5.74, 6) is 0.653. The van der Waals surface area contributed by atoms with Gasteiger partial charge in [-0.05, 0) is 38.7 Å². The molecule has 1 aromatic heterocycles. The average molecular weight is 251 g/mol. The van der Waals surface area contributed by atoms with Gasteiger partial charge in [-0.2, -0.15) is 5.10 Å². The van der Waals surface area contributed by atoms with E-state index in [1.807, 2.05) is 0 Å². The summed E-state index contributed by atoms with van der Waals surface area (Å²) in [5.41, 5.74) is 8.80. The van der Waals surface area contributed by atoms with E-state index in [9.17, 15) is 0 Å². The molecule has 3 heteroatoms. The maximum Gasteiger partial charge on any atom is 0.0596 e. The van der Waals surface area contributed by atoms with Crippen LogP contribution in [-0.2, 0) is 13.0 Å². The molecule has 18 heavy (non-hydrogen) atoms. The number of hydrogen-bond acceptors (Lipinski definition) is 2. The highest BCUT2D eigenvalue weighted by Crippen LogP contribution is 2.20. The third-order valence-electron chi connectivity index (χ3n) is 3.65. The third kappa shape index (κ3) is 4.13. The van der Waals surface area contributed by atoms with Crippen LogP contribution in [0.1, 0.15) is 57.8 Å². The Hall–Kier alpha value is -0.830. The Morgan fingerprint density at radius 3 is 2.33 bits per heavy atom. The van der Waals surface area contributed by atoms with E-state index in [2.05, 4.69) is 43.5 Å². The molecule has 0 saturated carbocycles. The van der Waals surface area contributed by atoms with Crippen LogP contribution in [0.4, 0.5) is 0 Å². The van der Waals surface area contributed by atoms with Gasteiger partial charge in [-0.1, -0.05) is 26.7 Å². The Labute approximate surface area is 112 Å². The monoisotopic (exact) mass is 251 g/mol. The first kappa shape index (κ1) is 15.2. The molecule has 0 fully saturated rings. The van der Waals surface area contributed by atoms with Gasteiger partial charge in [0, 0.05) is 24.7 Å². The standard InChI is InChI=1S/C15H29N3/c1-5-8-13(9-6-2)15(16)11-14-10-12(4)17-18(14)7-3/h10,13,15H,5-9,11,16H2,1-4H3. The van der Waals surface area contributed by atoms with Gasteiger partial charge in [0.2, 0.25) is 0 Å². The van der Waals surface area contributed by atoms with Gasteiger partial charge >= 0.3 is 0 Å². The molecule has 0 radical (unpaired) electrons. The molecule has 1 unspecified atom stereocenters. The summed E-state index contributed by atoms with van der Waals surface area (Å²) in [6.45, 7) is 9.61. The molecule has 0 saturated heterocycles. The zero-order chi connectivity index (χ0) is 13.5. The highest BCUT2D eigenvalue weighted by atomic mass is 15.3. The largest absolute Gasteiger partial charge is 0.327 e. The van der Waals surface area contributed by atoms with Gasteiger partial charge in [0.1, 0.15) is 0 Å². The van der Waals surface area contributed by atoms with Gasteiger partial charge in [0.15, 0.2) is 0 Å². The number of aryl methyl sites for hydroxylation is 2. The molecule has 3 nitrogen and oxygen atoms in total. The lowest BCUT2D eigenvalue weighted by Gasteiger charge is -2.23. The van der Waals surface area contributed by atoms with Crippen LogP contribution in [0.3, 0.4) is 0 Å². The van der Waals surface area contributed by atoms with E-state index >= 15 is 0 Å². The van der Waals surface area contributed by atoms with Gasteiger partial charge in [0.05, 0.1) is 5.69 Å². The van der Waals surface area contributed by atoms with E-state index in [0.29, 0.717) is 5.92 Å². The second-order valence-electron chi connectivity index (χ2n) is 5.30. The van der Waals surface area contributed by atoms with Gasteiger partial charge < -0.3 is 5.73 Å². The Morgan fingerprint density at radius 1 is 1.22 bits per heavy atom. The molecule has 1 heterocycles. The van der Waals surface area contributed by atoms with Crippen molar-refractivity contribution >= 4 is 0 Å². The third-order valence-corrected chi connectivity index (χ3v) is 3.65. The molecule has 1 aromatic rings. The fourth-order valence-corrected chi connectivity index (χ4v) is 2.76. The van der Waals surface area contributed by atoms with Gasteiger partial charge in [0.25, 0.3) is 0 Å². The second-order valence-corrected chi connectivity index (χ2v) is 5.30. The zero-order valence-electron chi connectivity index (χ0n) is 12.4. The lowest BCUT2D eigenvalue weighted by Crippen LogP contribution is -2.33. The Kier molecular flexibility index (Phi) is 6.41. The summed E-state index contributed by atoms with van der Waals surface area (Å²) in [5, 5.41) is 4.49. The topological polar surface area (TPSA) is 43.8 Å². The zero-order valence-corrected chi connectivity index (χ0v) is 12.4. The highest BCUT2D eigenvalue weighted by Gasteiger charge is 2.18. The lowest BCUT2D eigenvalue weighted by atomic mass is 9.88. The van der Waals surface area contributed by atoms with Crippen LogP contribution >= 0.6 is 0 Å². The maximum absolute atomic E-state index is 6.41. The van der Waals surface area contributed by atoms with Gasteiger partial charge in [-0.25, -0.2) is 0 Å². The van der Waals surface area contributed by atoms with Crippen molar-refractivity contribution in [2.75, 3.05) is 0 Å². The van der Waals surface area contributed by atoms with Crippen LogP contribution < -0.4 is 5.73 Å². The van der Waals surface area contributed by atoms with Gasteiger partial charge in [-0.3, -0.25) is 4.68 Å². The Morgan fingerprint density at radius 2 is 1.83 bits per heavy atom. The van der Waals surface area contributed by atoms with E-state index in [1.54, 1.807) is 0 Å². The first-order valence-electron chi connectivity index (χ1n) is 7.41. The van der Waals surface area contributed by atoms with Crippen LogP contribution in [0.15, 0.2) is 6.07 Å². The van der Waals surface area contributed by atoms with Crippen molar-refractivity contribution in [3.05, 3.63) is 17.5 Å². The summed E-state index contributed by atoms with van der Waals surface area (Å²) < 4.78 is 2.09. The van der Waals surface area contributed by atoms with Crippen molar-refractivity contribution in [1.82, 2.24) is 9.78 Å². The molecule has 0 bridgehead atoms. The molecule has 104 valence electrons. The predicted octanol–water partition coefficient (Wildman–Crippen LogP) is 3.30. The van der Waals surface area contributed by atoms with Crippen molar-refractivity contribution < 1.29 is 0 Å². The summed E-state index contributed by atoms with van der Waals surface area (Å²) in [4.78, 5) is 0. The normalized spacial score (nSPS) is 13.2. The number of hydrogen-bond donors (Lipinski definition) is 1.